The molecule has 4 aromatic rings. The van der Waals surface area contributed by atoms with Crippen molar-refractivity contribution in [1.29, 1.82) is 0 Å². The molecule has 0 aliphatic carbocycles. The minimum Gasteiger partial charge on any atom is -0.441 e. The molecule has 0 fully saturated rings. The largest absolute Gasteiger partial charge is 0.441 e. The molecule has 7 nitrogen and oxygen atoms in total. The fraction of sp³-hybridized carbons (Fsp3) is 0.0833. The number of aryl methyl sites for hydroxylation is 1. The van der Waals surface area contributed by atoms with Crippen LogP contribution in [0.25, 0.3) is 11.1 Å². The first-order chi connectivity index (χ1) is 15.0. The van der Waals surface area contributed by atoms with Crippen LogP contribution in [0.4, 0.5) is 5.69 Å². The van der Waals surface area contributed by atoms with Crippen LogP contribution >= 0.6 is 0 Å². The number of amides is 3. The van der Waals surface area contributed by atoms with E-state index in [1.165, 1.54) is 4.90 Å². The number of nitrogens with zero attached hydrogens (tertiary/aromatic N) is 2. The number of carbonyl (C=O) groups excluding carboxylic acids is 3. The lowest BCUT2D eigenvalue weighted by atomic mass is 10.1. The molecule has 5 rings (SSSR count). The van der Waals surface area contributed by atoms with Gasteiger partial charge in [0, 0.05) is 18.2 Å². The zero-order valence-electron chi connectivity index (χ0n) is 16.6. The highest BCUT2D eigenvalue weighted by Crippen LogP contribution is 2.24. The number of carbonyl (C=O) groups is 3. The average Bonchev–Trinajstić information content (AvgIpc) is 3.26. The van der Waals surface area contributed by atoms with E-state index in [1.807, 2.05) is 0 Å². The van der Waals surface area contributed by atoms with Crippen LogP contribution in [0.3, 0.4) is 0 Å². The van der Waals surface area contributed by atoms with E-state index in [9.17, 15) is 14.4 Å². The topological polar surface area (TPSA) is 92.5 Å². The van der Waals surface area contributed by atoms with E-state index < -0.39 is 0 Å². The number of rotatable bonds is 4. The first-order valence-corrected chi connectivity index (χ1v) is 9.72. The maximum Gasteiger partial charge on any atom is 0.261 e. The van der Waals surface area contributed by atoms with Crippen molar-refractivity contribution < 1.29 is 18.8 Å². The Balaban J connectivity index is 1.29. The molecule has 3 aromatic carbocycles. The first kappa shape index (κ1) is 18.7. The van der Waals surface area contributed by atoms with Crippen molar-refractivity contribution >= 4 is 34.5 Å². The van der Waals surface area contributed by atoms with Crippen LogP contribution in [0.2, 0.25) is 0 Å². The Labute approximate surface area is 177 Å². The second kappa shape index (κ2) is 7.21. The molecular weight excluding hydrogens is 394 g/mol. The summed E-state index contributed by atoms with van der Waals surface area (Å²) in [5.74, 6) is -0.319. The molecule has 0 bridgehead atoms. The molecule has 0 atom stereocenters. The van der Waals surface area contributed by atoms with Gasteiger partial charge in [-0.3, -0.25) is 19.3 Å². The van der Waals surface area contributed by atoms with Gasteiger partial charge in [-0.15, -0.1) is 0 Å². The number of imide groups is 1. The van der Waals surface area contributed by atoms with Crippen molar-refractivity contribution in [2.24, 2.45) is 0 Å². The number of hydrogen-bond donors (Lipinski definition) is 1. The van der Waals surface area contributed by atoms with Crippen LogP contribution in [-0.2, 0) is 6.54 Å². The highest BCUT2D eigenvalue weighted by atomic mass is 16.3. The minimum atomic E-state index is -0.305. The molecule has 3 amide bonds. The van der Waals surface area contributed by atoms with E-state index >= 15 is 0 Å². The molecule has 0 saturated carbocycles. The van der Waals surface area contributed by atoms with Crippen molar-refractivity contribution in [3.05, 3.63) is 94.9 Å². The van der Waals surface area contributed by atoms with E-state index in [4.69, 9.17) is 4.42 Å². The van der Waals surface area contributed by atoms with Gasteiger partial charge in [0.2, 0.25) is 0 Å². The van der Waals surface area contributed by atoms with Crippen molar-refractivity contribution in [2.75, 3.05) is 5.32 Å². The van der Waals surface area contributed by atoms with Gasteiger partial charge in [-0.2, -0.15) is 0 Å². The fourth-order valence-corrected chi connectivity index (χ4v) is 3.65. The number of oxazole rings is 1. The lowest BCUT2D eigenvalue weighted by Crippen LogP contribution is -2.29. The second-order valence-electron chi connectivity index (χ2n) is 7.31. The molecular formula is C24H17N3O4. The Hall–Kier alpha value is -4.26. The monoisotopic (exact) mass is 411 g/mol. The van der Waals surface area contributed by atoms with Crippen LogP contribution in [-0.4, -0.2) is 27.6 Å². The van der Waals surface area contributed by atoms with E-state index in [1.54, 1.807) is 73.7 Å². The Morgan fingerprint density at radius 3 is 2.32 bits per heavy atom. The lowest BCUT2D eigenvalue weighted by Gasteiger charge is -2.14. The van der Waals surface area contributed by atoms with Crippen LogP contribution in [0, 0.1) is 6.92 Å². The van der Waals surface area contributed by atoms with Gasteiger partial charge in [0.15, 0.2) is 11.5 Å². The normalized spacial score (nSPS) is 13.0. The predicted octanol–water partition coefficient (Wildman–Crippen LogP) is 4.18. The van der Waals surface area contributed by atoms with E-state index in [2.05, 4.69) is 10.3 Å². The number of fused-ring (bicyclic) bond motifs is 2. The minimum absolute atomic E-state index is 0.149. The van der Waals surface area contributed by atoms with Crippen molar-refractivity contribution in [3.63, 3.8) is 0 Å². The first-order valence-electron chi connectivity index (χ1n) is 9.72. The molecule has 1 aromatic heterocycles. The van der Waals surface area contributed by atoms with Gasteiger partial charge in [0.1, 0.15) is 5.52 Å². The zero-order valence-corrected chi connectivity index (χ0v) is 16.6. The summed E-state index contributed by atoms with van der Waals surface area (Å²) in [4.78, 5) is 43.1. The van der Waals surface area contributed by atoms with Gasteiger partial charge < -0.3 is 9.73 Å². The van der Waals surface area contributed by atoms with Gasteiger partial charge in [-0.1, -0.05) is 24.3 Å². The average molecular weight is 411 g/mol. The molecule has 7 heteroatoms. The standard InChI is InChI=1S/C24H17N3O4/c1-14-25-20-12-17(10-11-21(20)31-14)26-22(28)16-8-6-15(7-9-16)13-27-23(29)18-4-2-3-5-19(18)24(27)30/h2-12H,13H2,1H3,(H,26,28). The van der Waals surface area contributed by atoms with E-state index in [0.717, 1.165) is 5.56 Å². The molecule has 0 saturated heterocycles. The molecule has 2 heterocycles. The van der Waals surface area contributed by atoms with Crippen molar-refractivity contribution in [2.45, 2.75) is 13.5 Å². The summed E-state index contributed by atoms with van der Waals surface area (Å²) >= 11 is 0. The Morgan fingerprint density at radius 2 is 1.65 bits per heavy atom. The van der Waals surface area contributed by atoms with Crippen LogP contribution in [0.1, 0.15) is 42.5 Å². The third-order valence-corrected chi connectivity index (χ3v) is 5.19. The molecule has 0 unspecified atom stereocenters. The van der Waals surface area contributed by atoms with Gasteiger partial charge >= 0.3 is 0 Å². The third kappa shape index (κ3) is 3.36. The quantitative estimate of drug-likeness (QED) is 0.509. The third-order valence-electron chi connectivity index (χ3n) is 5.19. The van der Waals surface area contributed by atoms with Crippen LogP contribution in [0.5, 0.6) is 0 Å². The fourth-order valence-electron chi connectivity index (χ4n) is 3.65. The van der Waals surface area contributed by atoms with Gasteiger partial charge in [0.05, 0.1) is 17.7 Å². The number of aromatic nitrogens is 1. The van der Waals surface area contributed by atoms with Gasteiger partial charge in [-0.25, -0.2) is 4.98 Å². The van der Waals surface area contributed by atoms with Gasteiger partial charge in [-0.05, 0) is 48.0 Å². The second-order valence-corrected chi connectivity index (χ2v) is 7.31. The van der Waals surface area contributed by atoms with E-state index in [0.29, 0.717) is 39.4 Å². The summed E-state index contributed by atoms with van der Waals surface area (Å²) in [5, 5.41) is 2.84. The lowest BCUT2D eigenvalue weighted by molar-refractivity contribution is 0.0642. The van der Waals surface area contributed by atoms with Crippen LogP contribution < -0.4 is 5.32 Å². The summed E-state index contributed by atoms with van der Waals surface area (Å²) in [5.41, 5.74) is 4.00. The molecule has 152 valence electrons. The van der Waals surface area contributed by atoms with E-state index in [-0.39, 0.29) is 24.3 Å². The molecule has 1 aliphatic rings. The smallest absolute Gasteiger partial charge is 0.261 e. The van der Waals surface area contributed by atoms with Crippen molar-refractivity contribution in [3.8, 4) is 0 Å². The molecule has 1 N–H and O–H groups in total. The molecule has 1 aliphatic heterocycles. The molecule has 31 heavy (non-hydrogen) atoms. The SMILES string of the molecule is Cc1nc2cc(NC(=O)c3ccc(CN4C(=O)c5ccccc5C4=O)cc3)ccc2o1. The highest BCUT2D eigenvalue weighted by Gasteiger charge is 2.34. The van der Waals surface area contributed by atoms with Crippen LogP contribution in [0.15, 0.2) is 71.1 Å². The summed E-state index contributed by atoms with van der Waals surface area (Å²) < 4.78 is 5.44. The molecule has 0 radical (unpaired) electrons. The number of anilines is 1. The Bertz CT molecular complexity index is 1320. The Kier molecular flexibility index (Phi) is 4.36. The summed E-state index contributed by atoms with van der Waals surface area (Å²) in [6, 6.07) is 18.9. The Morgan fingerprint density at radius 1 is 0.968 bits per heavy atom. The number of benzene rings is 3. The molecule has 0 spiro atoms. The highest BCUT2D eigenvalue weighted by molar-refractivity contribution is 6.21. The maximum atomic E-state index is 12.6. The predicted molar refractivity (Wildman–Crippen MR) is 114 cm³/mol. The summed E-state index contributed by atoms with van der Waals surface area (Å²) in [6.45, 7) is 1.91. The summed E-state index contributed by atoms with van der Waals surface area (Å²) in [6.07, 6.45) is 0. The number of nitrogens with one attached hydrogen (secondary N) is 1. The van der Waals surface area contributed by atoms with Crippen molar-refractivity contribution in [1.82, 2.24) is 9.88 Å². The van der Waals surface area contributed by atoms with Gasteiger partial charge in [0.25, 0.3) is 17.7 Å². The zero-order chi connectivity index (χ0) is 21.5. The maximum absolute atomic E-state index is 12.6. The number of hydrogen-bond acceptors (Lipinski definition) is 5. The summed E-state index contributed by atoms with van der Waals surface area (Å²) in [7, 11) is 0.